The molecule has 0 aromatic heterocycles. The minimum atomic E-state index is -1.06. The summed E-state index contributed by atoms with van der Waals surface area (Å²) in [6.07, 6.45) is 3.30. The lowest BCUT2D eigenvalue weighted by Gasteiger charge is -2.11. The van der Waals surface area contributed by atoms with Crippen LogP contribution in [-0.4, -0.2) is 17.2 Å². The number of rotatable bonds is 6. The van der Waals surface area contributed by atoms with Crippen LogP contribution in [0.3, 0.4) is 0 Å². The SMILES string of the molecule is CCC(C)OCc1ccc(C=CC(=O)O)cc1F. The number of ether oxygens (including phenoxy) is 1. The van der Waals surface area contributed by atoms with E-state index in [0.717, 1.165) is 12.5 Å². The number of benzene rings is 1. The Morgan fingerprint density at radius 2 is 2.28 bits per heavy atom. The topological polar surface area (TPSA) is 46.5 Å². The van der Waals surface area contributed by atoms with Crippen molar-refractivity contribution in [3.8, 4) is 0 Å². The molecule has 1 N–H and O–H groups in total. The van der Waals surface area contributed by atoms with Crippen LogP contribution in [0.15, 0.2) is 24.3 Å². The quantitative estimate of drug-likeness (QED) is 0.790. The van der Waals surface area contributed by atoms with Gasteiger partial charge in [-0.2, -0.15) is 0 Å². The highest BCUT2D eigenvalue weighted by Gasteiger charge is 2.05. The second-order valence-corrected chi connectivity index (χ2v) is 4.05. The van der Waals surface area contributed by atoms with E-state index in [1.807, 2.05) is 13.8 Å². The van der Waals surface area contributed by atoms with Gasteiger partial charge in [0.2, 0.25) is 0 Å². The summed E-state index contributed by atoms with van der Waals surface area (Å²) in [4.78, 5) is 10.3. The fourth-order valence-electron chi connectivity index (χ4n) is 1.30. The monoisotopic (exact) mass is 252 g/mol. The first-order valence-electron chi connectivity index (χ1n) is 5.84. The molecule has 0 saturated heterocycles. The summed E-state index contributed by atoms with van der Waals surface area (Å²) in [5.41, 5.74) is 0.991. The number of carboxylic acids is 1. The van der Waals surface area contributed by atoms with E-state index in [-0.39, 0.29) is 18.5 Å². The first-order chi connectivity index (χ1) is 8.52. The van der Waals surface area contributed by atoms with E-state index < -0.39 is 5.97 Å². The molecule has 0 aliphatic rings. The van der Waals surface area contributed by atoms with Crippen molar-refractivity contribution in [2.75, 3.05) is 0 Å². The van der Waals surface area contributed by atoms with Crippen molar-refractivity contribution in [3.05, 3.63) is 41.2 Å². The number of carboxylic acid groups (broad SMARTS) is 1. The smallest absolute Gasteiger partial charge is 0.328 e. The third-order valence-corrected chi connectivity index (χ3v) is 2.59. The van der Waals surface area contributed by atoms with Crippen LogP contribution >= 0.6 is 0 Å². The Hall–Kier alpha value is -1.68. The van der Waals surface area contributed by atoms with Crippen LogP contribution in [0.25, 0.3) is 6.08 Å². The minimum Gasteiger partial charge on any atom is -0.478 e. The summed E-state index contributed by atoms with van der Waals surface area (Å²) in [6, 6.07) is 4.58. The molecule has 98 valence electrons. The molecule has 0 aliphatic heterocycles. The average Bonchev–Trinajstić information content (AvgIpc) is 2.34. The number of aliphatic carboxylic acids is 1. The van der Waals surface area contributed by atoms with Crippen LogP contribution in [0.5, 0.6) is 0 Å². The van der Waals surface area contributed by atoms with Gasteiger partial charge in [0.05, 0.1) is 12.7 Å². The van der Waals surface area contributed by atoms with Crippen molar-refractivity contribution < 1.29 is 19.0 Å². The standard InChI is InChI=1S/C14H17FO3/c1-3-10(2)18-9-12-6-4-11(8-13(12)15)5-7-14(16)17/h4-8,10H,3,9H2,1-2H3,(H,16,17). The zero-order chi connectivity index (χ0) is 13.5. The second-order valence-electron chi connectivity index (χ2n) is 4.05. The van der Waals surface area contributed by atoms with Crippen LogP contribution < -0.4 is 0 Å². The van der Waals surface area contributed by atoms with Gasteiger partial charge in [-0.1, -0.05) is 19.1 Å². The molecule has 0 amide bonds. The Bertz CT molecular complexity index is 441. The van der Waals surface area contributed by atoms with E-state index in [9.17, 15) is 9.18 Å². The molecular weight excluding hydrogens is 235 g/mol. The van der Waals surface area contributed by atoms with Gasteiger partial charge in [-0.25, -0.2) is 9.18 Å². The molecule has 0 saturated carbocycles. The highest BCUT2D eigenvalue weighted by Crippen LogP contribution is 2.14. The normalized spacial score (nSPS) is 12.8. The first-order valence-corrected chi connectivity index (χ1v) is 5.84. The van der Waals surface area contributed by atoms with E-state index in [0.29, 0.717) is 11.1 Å². The van der Waals surface area contributed by atoms with E-state index >= 15 is 0 Å². The van der Waals surface area contributed by atoms with Crippen LogP contribution in [0.4, 0.5) is 4.39 Å². The lowest BCUT2D eigenvalue weighted by atomic mass is 10.1. The lowest BCUT2D eigenvalue weighted by Crippen LogP contribution is -2.07. The average molecular weight is 252 g/mol. The Morgan fingerprint density at radius 3 is 2.83 bits per heavy atom. The highest BCUT2D eigenvalue weighted by molar-refractivity contribution is 5.85. The number of hydrogen-bond acceptors (Lipinski definition) is 2. The Kier molecular flexibility index (Phi) is 5.52. The minimum absolute atomic E-state index is 0.0935. The van der Waals surface area contributed by atoms with Crippen LogP contribution in [0.2, 0.25) is 0 Å². The van der Waals surface area contributed by atoms with E-state index in [1.165, 1.54) is 12.1 Å². The molecule has 0 radical (unpaired) electrons. The molecule has 1 atom stereocenters. The number of carbonyl (C=O) groups is 1. The van der Waals surface area contributed by atoms with Crippen LogP contribution in [0, 0.1) is 5.82 Å². The third kappa shape index (κ3) is 4.67. The molecule has 3 nitrogen and oxygen atoms in total. The molecule has 0 bridgehead atoms. The number of halogens is 1. The fourth-order valence-corrected chi connectivity index (χ4v) is 1.30. The van der Waals surface area contributed by atoms with Gasteiger partial charge in [0.25, 0.3) is 0 Å². The summed E-state index contributed by atoms with van der Waals surface area (Å²) < 4.78 is 19.1. The largest absolute Gasteiger partial charge is 0.478 e. The summed E-state index contributed by atoms with van der Waals surface area (Å²) in [5, 5.41) is 8.47. The summed E-state index contributed by atoms with van der Waals surface area (Å²) >= 11 is 0. The molecule has 0 fully saturated rings. The zero-order valence-electron chi connectivity index (χ0n) is 10.5. The third-order valence-electron chi connectivity index (χ3n) is 2.59. The molecule has 1 unspecified atom stereocenters. The van der Waals surface area contributed by atoms with Gasteiger partial charge in [-0.05, 0) is 31.1 Å². The molecule has 0 heterocycles. The van der Waals surface area contributed by atoms with Crippen LogP contribution in [-0.2, 0) is 16.1 Å². The van der Waals surface area contributed by atoms with Crippen molar-refractivity contribution in [3.63, 3.8) is 0 Å². The molecule has 1 rings (SSSR count). The summed E-state index contributed by atoms with van der Waals surface area (Å²) in [6.45, 7) is 4.16. The van der Waals surface area contributed by atoms with Gasteiger partial charge in [0.1, 0.15) is 5.82 Å². The van der Waals surface area contributed by atoms with Gasteiger partial charge >= 0.3 is 5.97 Å². The Balaban J connectivity index is 2.70. The lowest BCUT2D eigenvalue weighted by molar-refractivity contribution is -0.131. The summed E-state index contributed by atoms with van der Waals surface area (Å²) in [7, 11) is 0. The fraction of sp³-hybridized carbons (Fsp3) is 0.357. The molecule has 4 heteroatoms. The van der Waals surface area contributed by atoms with Crippen molar-refractivity contribution in [2.45, 2.75) is 33.0 Å². The van der Waals surface area contributed by atoms with Crippen molar-refractivity contribution in [1.82, 2.24) is 0 Å². The van der Waals surface area contributed by atoms with Gasteiger partial charge in [0.15, 0.2) is 0 Å². The maximum atomic E-state index is 13.7. The predicted molar refractivity (Wildman–Crippen MR) is 67.6 cm³/mol. The number of hydrogen-bond donors (Lipinski definition) is 1. The maximum Gasteiger partial charge on any atom is 0.328 e. The zero-order valence-corrected chi connectivity index (χ0v) is 10.5. The van der Waals surface area contributed by atoms with Gasteiger partial charge in [-0.15, -0.1) is 0 Å². The predicted octanol–water partition coefficient (Wildman–Crippen LogP) is 3.24. The molecule has 0 spiro atoms. The molecule has 1 aromatic rings. The van der Waals surface area contributed by atoms with E-state index in [1.54, 1.807) is 12.1 Å². The van der Waals surface area contributed by atoms with Crippen molar-refractivity contribution in [1.29, 1.82) is 0 Å². The molecule has 1 aromatic carbocycles. The highest BCUT2D eigenvalue weighted by atomic mass is 19.1. The molecular formula is C14H17FO3. The molecule has 0 aliphatic carbocycles. The second kappa shape index (κ2) is 6.91. The van der Waals surface area contributed by atoms with Crippen LogP contribution in [0.1, 0.15) is 31.4 Å². The van der Waals surface area contributed by atoms with E-state index in [4.69, 9.17) is 9.84 Å². The van der Waals surface area contributed by atoms with Crippen molar-refractivity contribution in [2.24, 2.45) is 0 Å². The maximum absolute atomic E-state index is 13.7. The first kappa shape index (κ1) is 14.4. The van der Waals surface area contributed by atoms with Gasteiger partial charge in [-0.3, -0.25) is 0 Å². The Morgan fingerprint density at radius 1 is 1.56 bits per heavy atom. The Labute approximate surface area is 106 Å². The molecule has 18 heavy (non-hydrogen) atoms. The van der Waals surface area contributed by atoms with Gasteiger partial charge in [0, 0.05) is 11.6 Å². The van der Waals surface area contributed by atoms with E-state index in [2.05, 4.69) is 0 Å². The summed E-state index contributed by atoms with van der Waals surface area (Å²) in [5.74, 6) is -1.44. The van der Waals surface area contributed by atoms with Crippen molar-refractivity contribution >= 4 is 12.0 Å². The van der Waals surface area contributed by atoms with Gasteiger partial charge < -0.3 is 9.84 Å².